The summed E-state index contributed by atoms with van der Waals surface area (Å²) in [6.45, 7) is 4.63. The highest BCUT2D eigenvalue weighted by Crippen LogP contribution is 2.24. The minimum Gasteiger partial charge on any atom is -0.494 e. The molecule has 2 amide bonds. The second-order valence-corrected chi connectivity index (χ2v) is 6.73. The topological polar surface area (TPSA) is 70.6 Å². The van der Waals surface area contributed by atoms with Crippen molar-refractivity contribution in [2.75, 3.05) is 18.5 Å². The second kappa shape index (κ2) is 8.70. The van der Waals surface area contributed by atoms with Gasteiger partial charge < -0.3 is 20.5 Å². The number of urea groups is 1. The van der Waals surface area contributed by atoms with Crippen molar-refractivity contribution in [3.05, 3.63) is 46.7 Å². The molecular formula is C18H24N2O3S. The van der Waals surface area contributed by atoms with Crippen LogP contribution < -0.4 is 15.4 Å². The first-order chi connectivity index (χ1) is 11.5. The van der Waals surface area contributed by atoms with E-state index < -0.39 is 5.60 Å². The van der Waals surface area contributed by atoms with E-state index in [1.165, 1.54) is 11.3 Å². The molecule has 3 N–H and O–H groups in total. The van der Waals surface area contributed by atoms with E-state index in [1.807, 2.05) is 29.6 Å². The Morgan fingerprint density at radius 3 is 2.67 bits per heavy atom. The zero-order valence-electron chi connectivity index (χ0n) is 14.0. The summed E-state index contributed by atoms with van der Waals surface area (Å²) in [6, 6.07) is 10.6. The summed E-state index contributed by atoms with van der Waals surface area (Å²) in [5.74, 6) is 0.787. The minimum atomic E-state index is -1.08. The van der Waals surface area contributed by atoms with E-state index in [2.05, 4.69) is 17.6 Å². The van der Waals surface area contributed by atoms with Gasteiger partial charge in [-0.15, -0.1) is 11.3 Å². The molecule has 1 unspecified atom stereocenters. The van der Waals surface area contributed by atoms with Crippen LogP contribution in [0.1, 0.15) is 31.6 Å². The smallest absolute Gasteiger partial charge is 0.319 e. The number of hydrogen-bond acceptors (Lipinski definition) is 4. The molecule has 0 aliphatic rings. The van der Waals surface area contributed by atoms with Gasteiger partial charge in [0.25, 0.3) is 0 Å². The highest BCUT2D eigenvalue weighted by atomic mass is 32.1. The van der Waals surface area contributed by atoms with Crippen LogP contribution in [-0.2, 0) is 5.60 Å². The zero-order chi connectivity index (χ0) is 17.4. The molecule has 0 fully saturated rings. The second-order valence-electron chi connectivity index (χ2n) is 5.79. The largest absolute Gasteiger partial charge is 0.494 e. The van der Waals surface area contributed by atoms with Gasteiger partial charge in [-0.05, 0) is 49.1 Å². The van der Waals surface area contributed by atoms with Crippen LogP contribution in [0.4, 0.5) is 10.5 Å². The third-order valence-electron chi connectivity index (χ3n) is 3.52. The van der Waals surface area contributed by atoms with Gasteiger partial charge in [-0.3, -0.25) is 0 Å². The van der Waals surface area contributed by atoms with Gasteiger partial charge in [0.1, 0.15) is 11.4 Å². The first-order valence-electron chi connectivity index (χ1n) is 8.05. The quantitative estimate of drug-likeness (QED) is 0.633. The minimum absolute atomic E-state index is 0.136. The number of ether oxygens (including phenoxy) is 1. The Hall–Kier alpha value is -2.05. The van der Waals surface area contributed by atoms with Crippen molar-refractivity contribution in [3.8, 4) is 5.75 Å². The molecule has 1 aromatic carbocycles. The number of nitrogens with one attached hydrogen (secondary N) is 2. The molecule has 0 aliphatic heterocycles. The van der Waals surface area contributed by atoms with Crippen molar-refractivity contribution in [1.82, 2.24) is 5.32 Å². The number of anilines is 1. The fourth-order valence-corrected chi connectivity index (χ4v) is 2.86. The molecular weight excluding hydrogens is 324 g/mol. The third-order valence-corrected chi connectivity index (χ3v) is 4.65. The lowest BCUT2D eigenvalue weighted by Gasteiger charge is -2.22. The van der Waals surface area contributed by atoms with E-state index in [9.17, 15) is 9.90 Å². The molecule has 6 heteroatoms. The first kappa shape index (κ1) is 18.3. The molecule has 0 bridgehead atoms. The number of amides is 2. The van der Waals surface area contributed by atoms with Crippen LogP contribution in [0.5, 0.6) is 5.75 Å². The average molecular weight is 348 g/mol. The molecule has 1 atom stereocenters. The van der Waals surface area contributed by atoms with Crippen LogP contribution >= 0.6 is 11.3 Å². The van der Waals surface area contributed by atoms with E-state index in [0.717, 1.165) is 23.5 Å². The number of thiophene rings is 1. The van der Waals surface area contributed by atoms with Crippen LogP contribution in [-0.4, -0.2) is 24.3 Å². The molecule has 0 spiro atoms. The molecule has 24 heavy (non-hydrogen) atoms. The lowest BCUT2D eigenvalue weighted by Crippen LogP contribution is -2.40. The Labute approximate surface area is 146 Å². The maximum atomic E-state index is 12.0. The lowest BCUT2D eigenvalue weighted by molar-refractivity contribution is 0.0637. The van der Waals surface area contributed by atoms with Crippen LogP contribution in [0.25, 0.3) is 0 Å². The van der Waals surface area contributed by atoms with Crippen molar-refractivity contribution in [1.29, 1.82) is 0 Å². The van der Waals surface area contributed by atoms with Gasteiger partial charge in [0.2, 0.25) is 0 Å². The normalized spacial score (nSPS) is 13.1. The van der Waals surface area contributed by atoms with Crippen molar-refractivity contribution >= 4 is 23.1 Å². The van der Waals surface area contributed by atoms with Gasteiger partial charge in [-0.25, -0.2) is 4.79 Å². The van der Waals surface area contributed by atoms with Gasteiger partial charge in [0.15, 0.2) is 0 Å². The highest BCUT2D eigenvalue weighted by Gasteiger charge is 2.24. The van der Waals surface area contributed by atoms with E-state index in [0.29, 0.717) is 12.3 Å². The fourth-order valence-electron chi connectivity index (χ4n) is 2.07. The third kappa shape index (κ3) is 5.54. The van der Waals surface area contributed by atoms with Crippen molar-refractivity contribution in [2.45, 2.75) is 32.3 Å². The van der Waals surface area contributed by atoms with Gasteiger partial charge in [0, 0.05) is 10.6 Å². The Bertz CT molecular complexity index is 624. The number of carbonyl (C=O) groups excluding carboxylic acids is 1. The predicted molar refractivity (Wildman–Crippen MR) is 97.8 cm³/mol. The first-order valence-corrected chi connectivity index (χ1v) is 8.93. The Balaban J connectivity index is 1.80. The summed E-state index contributed by atoms with van der Waals surface area (Å²) >= 11 is 1.46. The van der Waals surface area contributed by atoms with Gasteiger partial charge in [-0.2, -0.15) is 0 Å². The van der Waals surface area contributed by atoms with Crippen LogP contribution in [0.15, 0.2) is 41.8 Å². The van der Waals surface area contributed by atoms with Crippen LogP contribution in [0, 0.1) is 0 Å². The molecule has 0 saturated heterocycles. The number of benzene rings is 1. The predicted octanol–water partition coefficient (Wildman–Crippen LogP) is 3.96. The summed E-state index contributed by atoms with van der Waals surface area (Å²) in [5, 5.41) is 17.7. The average Bonchev–Trinajstić information content (AvgIpc) is 3.10. The number of aliphatic hydroxyl groups is 1. The van der Waals surface area contributed by atoms with Crippen molar-refractivity contribution < 1.29 is 14.6 Å². The van der Waals surface area contributed by atoms with Crippen LogP contribution in [0.2, 0.25) is 0 Å². The summed E-state index contributed by atoms with van der Waals surface area (Å²) < 4.78 is 5.58. The van der Waals surface area contributed by atoms with Crippen LogP contribution in [0.3, 0.4) is 0 Å². The summed E-state index contributed by atoms with van der Waals surface area (Å²) in [6.07, 6.45) is 2.11. The standard InChI is InChI=1S/C18H24N2O3S/c1-3-4-11-23-15-9-7-14(8-10-15)20-17(21)19-13-18(2,22)16-6-5-12-24-16/h5-10,12,22H,3-4,11,13H2,1-2H3,(H2,19,20,21). The fraction of sp³-hybridized carbons (Fsp3) is 0.389. The Morgan fingerprint density at radius 2 is 2.04 bits per heavy atom. The van der Waals surface area contributed by atoms with E-state index in [1.54, 1.807) is 19.1 Å². The maximum Gasteiger partial charge on any atom is 0.319 e. The van der Waals surface area contributed by atoms with E-state index in [-0.39, 0.29) is 12.6 Å². The van der Waals surface area contributed by atoms with Gasteiger partial charge in [0.05, 0.1) is 13.2 Å². The summed E-state index contributed by atoms with van der Waals surface area (Å²) in [4.78, 5) is 12.8. The number of hydrogen-bond donors (Lipinski definition) is 3. The number of rotatable bonds is 8. The Morgan fingerprint density at radius 1 is 1.29 bits per heavy atom. The molecule has 0 radical (unpaired) electrons. The van der Waals surface area contributed by atoms with Crippen molar-refractivity contribution in [3.63, 3.8) is 0 Å². The monoisotopic (exact) mass is 348 g/mol. The van der Waals surface area contributed by atoms with E-state index >= 15 is 0 Å². The molecule has 1 heterocycles. The molecule has 1 aromatic heterocycles. The molecule has 2 rings (SSSR count). The highest BCUT2D eigenvalue weighted by molar-refractivity contribution is 7.10. The molecule has 0 aliphatic carbocycles. The SMILES string of the molecule is CCCCOc1ccc(NC(=O)NCC(C)(O)c2cccs2)cc1. The number of unbranched alkanes of at least 4 members (excludes halogenated alkanes) is 1. The lowest BCUT2D eigenvalue weighted by atomic mass is 10.1. The van der Waals surface area contributed by atoms with E-state index in [4.69, 9.17) is 4.74 Å². The Kier molecular flexibility index (Phi) is 6.63. The number of carbonyl (C=O) groups is 1. The zero-order valence-corrected chi connectivity index (χ0v) is 14.9. The maximum absolute atomic E-state index is 12.0. The molecule has 0 saturated carbocycles. The molecule has 2 aromatic rings. The van der Waals surface area contributed by atoms with Crippen molar-refractivity contribution in [2.24, 2.45) is 0 Å². The molecule has 130 valence electrons. The molecule has 5 nitrogen and oxygen atoms in total. The summed E-state index contributed by atoms with van der Waals surface area (Å²) in [7, 11) is 0. The summed E-state index contributed by atoms with van der Waals surface area (Å²) in [5.41, 5.74) is -0.409. The van der Waals surface area contributed by atoms with Gasteiger partial charge in [-0.1, -0.05) is 19.4 Å². The van der Waals surface area contributed by atoms with Gasteiger partial charge >= 0.3 is 6.03 Å².